The zero-order valence-corrected chi connectivity index (χ0v) is 70.2. The Morgan fingerprint density at radius 1 is 0.279 bits per heavy atom. The minimum Gasteiger partial charge on any atom is -0.475 e. The maximum absolute atomic E-state index is 14.8. The van der Waals surface area contributed by atoms with Gasteiger partial charge in [0.05, 0.1) is 49.3 Å². The summed E-state index contributed by atoms with van der Waals surface area (Å²) in [5, 5.41) is 71.6. The number of H-pyrrole nitrogens is 4. The summed E-state index contributed by atoms with van der Waals surface area (Å²) in [6.45, 7) is 6.93. The molecule has 0 radical (unpaired) electrons. The summed E-state index contributed by atoms with van der Waals surface area (Å²) in [5.41, 5.74) is 35.8. The Hall–Kier alpha value is -17.9. The monoisotopic (exact) mass is 1900 g/mol. The Kier molecular flexibility index (Phi) is 31.9. The van der Waals surface area contributed by atoms with E-state index in [2.05, 4.69) is 83.3 Å². The number of aromatic amines is 4. The van der Waals surface area contributed by atoms with Crippen LogP contribution in [0.4, 0.5) is 158 Å². The first-order valence-electron chi connectivity index (χ1n) is 38.8. The lowest BCUT2D eigenvalue weighted by Crippen LogP contribution is -2.21. The average Bonchev–Trinajstić information content (AvgIpc) is 1.59. The number of amides is 8. The van der Waals surface area contributed by atoms with Gasteiger partial charge in [-0.2, -0.15) is 59.9 Å². The normalized spacial score (nSPS) is 10.9. The van der Waals surface area contributed by atoms with E-state index in [9.17, 15) is 89.4 Å². The number of carboxylic acids is 3. The Morgan fingerprint density at radius 3 is 0.897 bits per heavy atom. The highest BCUT2D eigenvalue weighted by atomic mass is 19.4. The average molecular weight is 1900 g/mol. The molecule has 0 aliphatic heterocycles. The molecular formula is C90H72F16N20O10. The molecule has 8 amide bonds. The molecule has 0 spiro atoms. The van der Waals surface area contributed by atoms with Gasteiger partial charge in [-0.05, 0) is 230 Å². The summed E-state index contributed by atoms with van der Waals surface area (Å²) in [6, 6.07) is 57.0. The summed E-state index contributed by atoms with van der Waals surface area (Å²) in [7, 11) is 0. The van der Waals surface area contributed by atoms with E-state index in [1.54, 1.807) is 148 Å². The molecule has 0 unspecified atom stereocenters. The third-order valence-corrected chi connectivity index (χ3v) is 18.7. The number of benzene rings is 12. The zero-order chi connectivity index (χ0) is 99.5. The first-order chi connectivity index (χ1) is 64.1. The van der Waals surface area contributed by atoms with Crippen LogP contribution in [0.15, 0.2) is 224 Å². The van der Waals surface area contributed by atoms with Crippen LogP contribution in [0.3, 0.4) is 0 Å². The molecule has 30 nitrogen and oxygen atoms in total. The standard InChI is InChI=1S/3C21H17F2N5O.C21H18FN5O.3C2HF3O2/c1-11-10-14(6-7-15(11)22)26-21(29)25-13-4-2-12(3-5-13)18-16(23)8-9-17-19(18)20(24)28-27-17;1-11-5-8-15(22)18(9-11)26-21(29)25-12-6-7-13(16(23)10-12)14-3-2-4-17-19(14)20(24)28-27-17;1-11-9-12(6-8-16(11)22)25-21(29)26-13-5-7-14(17(23)10-13)15-3-2-4-18-19(15)20(24)28-27-18;1-12-4-2-5-13(10-12)24-21(28)25-14-8-9-15(17(22)11-14)16-6-3-7-18-19(16)20(23)27-26-18;3*3-2(4,5)1(6)7/h3*2-10H,1H3,(H3,24,27,28)(H2,25,26,29);2-11H,1H3,(H3,23,26,27)(H2,24,25,28);3*(H,6,7). The van der Waals surface area contributed by atoms with E-state index < -0.39 is 89.6 Å². The maximum Gasteiger partial charge on any atom is 0.490 e. The van der Waals surface area contributed by atoms with Crippen LogP contribution in [0, 0.1) is 68.4 Å². The van der Waals surface area contributed by atoms with Gasteiger partial charge < -0.3 is 80.8 Å². The molecule has 0 saturated carbocycles. The molecule has 704 valence electrons. The topological polar surface area (TPSA) is 495 Å². The fourth-order valence-corrected chi connectivity index (χ4v) is 12.6. The number of aromatic nitrogens is 8. The number of aryl methyl sites for hydroxylation is 4. The van der Waals surface area contributed by atoms with E-state index in [-0.39, 0.29) is 46.2 Å². The lowest BCUT2D eigenvalue weighted by Gasteiger charge is -2.11. The van der Waals surface area contributed by atoms with E-state index in [0.29, 0.717) is 128 Å². The van der Waals surface area contributed by atoms with Crippen molar-refractivity contribution in [2.45, 2.75) is 46.2 Å². The lowest BCUT2D eigenvalue weighted by atomic mass is 10.0. The second kappa shape index (κ2) is 43.2. The summed E-state index contributed by atoms with van der Waals surface area (Å²) in [6.07, 6.45) is -15.3. The number of carboxylic acid groups (broad SMARTS) is 3. The van der Waals surface area contributed by atoms with Gasteiger partial charge in [0.15, 0.2) is 23.3 Å². The van der Waals surface area contributed by atoms with Crippen molar-refractivity contribution in [3.05, 3.63) is 287 Å². The molecule has 4 heterocycles. The summed E-state index contributed by atoms with van der Waals surface area (Å²) >= 11 is 0. The first kappa shape index (κ1) is 100. The SMILES string of the molecule is Cc1cc(NC(=O)Nc2ccc(-c3c(F)ccc4[nH]nc(N)c34)cc2)ccc1F.Cc1cc(NC(=O)Nc2ccc(-c3cccc4[nH]nc(N)c34)c(F)c2)ccc1F.Cc1ccc(F)c(NC(=O)Nc2ccc(-c3cccc4[nH]nc(N)c34)c(F)c2)c1.Cc1cccc(NC(=O)Nc2ccc(-c3cccc4[nH]nc(N)c34)c(F)c2)c1.O=C(O)C(F)(F)F.O=C(O)C(F)(F)F.O=C(O)C(F)(F)F. The van der Waals surface area contributed by atoms with Crippen molar-refractivity contribution < 1.29 is 119 Å². The number of anilines is 12. The zero-order valence-electron chi connectivity index (χ0n) is 70.2. The number of nitrogens with two attached hydrogens (primary N) is 4. The Labute approximate surface area is 754 Å². The van der Waals surface area contributed by atoms with Gasteiger partial charge in [-0.1, -0.05) is 66.7 Å². The van der Waals surface area contributed by atoms with Gasteiger partial charge >= 0.3 is 60.6 Å². The molecular weight excluding hydrogens is 1830 g/mol. The third kappa shape index (κ3) is 26.5. The number of nitrogens with one attached hydrogen (secondary N) is 12. The van der Waals surface area contributed by atoms with E-state index in [0.717, 1.165) is 16.6 Å². The number of nitrogens with zero attached hydrogens (tertiary/aromatic N) is 4. The van der Waals surface area contributed by atoms with Crippen molar-refractivity contribution >= 4 is 154 Å². The van der Waals surface area contributed by atoms with Crippen LogP contribution in [-0.2, 0) is 14.4 Å². The predicted octanol–water partition coefficient (Wildman–Crippen LogP) is 21.9. The fraction of sp³-hybridized carbons (Fsp3) is 0.0778. The number of hydrogen-bond acceptors (Lipinski definition) is 15. The fourth-order valence-electron chi connectivity index (χ4n) is 12.6. The number of hydrogen-bond donors (Lipinski definition) is 19. The number of carbonyl (C=O) groups excluding carboxylic acids is 4. The molecule has 0 aliphatic rings. The van der Waals surface area contributed by atoms with Crippen LogP contribution in [0.1, 0.15) is 22.3 Å². The molecule has 0 bridgehead atoms. The van der Waals surface area contributed by atoms with Gasteiger partial charge in [0, 0.05) is 62.1 Å². The van der Waals surface area contributed by atoms with Crippen molar-refractivity contribution in [3.63, 3.8) is 0 Å². The third-order valence-electron chi connectivity index (χ3n) is 18.7. The minimum atomic E-state index is -5.08. The molecule has 16 rings (SSSR count). The van der Waals surface area contributed by atoms with Gasteiger partial charge in [-0.15, -0.1) is 0 Å². The number of urea groups is 4. The van der Waals surface area contributed by atoms with Crippen molar-refractivity contribution in [2.24, 2.45) is 0 Å². The van der Waals surface area contributed by atoms with Gasteiger partial charge in [0.2, 0.25) is 0 Å². The van der Waals surface area contributed by atoms with Crippen molar-refractivity contribution in [1.29, 1.82) is 0 Å². The number of halogens is 16. The molecule has 0 fully saturated rings. The molecule has 0 aliphatic carbocycles. The number of rotatable bonds is 12. The number of alkyl halides is 9. The van der Waals surface area contributed by atoms with Crippen LogP contribution >= 0.6 is 0 Å². The van der Waals surface area contributed by atoms with Gasteiger partial charge in [-0.25, -0.2) is 64.3 Å². The van der Waals surface area contributed by atoms with Crippen LogP contribution in [-0.4, -0.2) is 117 Å². The van der Waals surface area contributed by atoms with E-state index in [1.165, 1.54) is 72.8 Å². The van der Waals surface area contributed by atoms with E-state index in [1.807, 2.05) is 31.2 Å². The molecule has 12 aromatic carbocycles. The number of nitrogen functional groups attached to an aromatic ring is 4. The van der Waals surface area contributed by atoms with Crippen LogP contribution in [0.5, 0.6) is 0 Å². The van der Waals surface area contributed by atoms with Crippen molar-refractivity contribution in [1.82, 2.24) is 40.8 Å². The van der Waals surface area contributed by atoms with Crippen molar-refractivity contribution in [2.75, 3.05) is 65.5 Å². The van der Waals surface area contributed by atoms with Crippen LogP contribution in [0.25, 0.3) is 88.1 Å². The molecule has 23 N–H and O–H groups in total. The molecule has 46 heteroatoms. The number of fused-ring (bicyclic) bond motifs is 4. The molecule has 16 aromatic rings. The van der Waals surface area contributed by atoms with E-state index in [4.69, 9.17) is 52.6 Å². The predicted molar refractivity (Wildman–Crippen MR) is 480 cm³/mol. The van der Waals surface area contributed by atoms with Crippen LogP contribution in [0.2, 0.25) is 0 Å². The maximum atomic E-state index is 14.8. The van der Waals surface area contributed by atoms with Gasteiger partial charge in [0.1, 0.15) is 40.7 Å². The largest absolute Gasteiger partial charge is 0.490 e. The summed E-state index contributed by atoms with van der Waals surface area (Å²) < 4.78 is 194. The lowest BCUT2D eigenvalue weighted by molar-refractivity contribution is -0.193. The summed E-state index contributed by atoms with van der Waals surface area (Å²) in [4.78, 5) is 75.3. The highest BCUT2D eigenvalue weighted by Gasteiger charge is 2.40. The minimum absolute atomic E-state index is 0.0432. The van der Waals surface area contributed by atoms with Crippen LogP contribution < -0.4 is 65.5 Å². The van der Waals surface area contributed by atoms with Gasteiger partial charge in [0.25, 0.3) is 0 Å². The Balaban J connectivity index is 0.000000174. The Bertz CT molecular complexity index is 7090. The Morgan fingerprint density at radius 2 is 0.559 bits per heavy atom. The second-order valence-electron chi connectivity index (χ2n) is 28.6. The molecule has 0 saturated heterocycles. The second-order valence-corrected chi connectivity index (χ2v) is 28.6. The number of carbonyl (C=O) groups is 7. The van der Waals surface area contributed by atoms with E-state index >= 15 is 0 Å². The smallest absolute Gasteiger partial charge is 0.475 e. The highest BCUT2D eigenvalue weighted by Crippen LogP contribution is 2.40. The number of aliphatic carboxylic acids is 3. The first-order valence-corrected chi connectivity index (χ1v) is 38.8. The molecule has 136 heavy (non-hydrogen) atoms. The molecule has 0 atom stereocenters. The quantitative estimate of drug-likeness (QED) is 0.0505. The van der Waals surface area contributed by atoms with Gasteiger partial charge in [-0.3, -0.25) is 20.4 Å². The highest BCUT2D eigenvalue weighted by molar-refractivity contribution is 6.08. The van der Waals surface area contributed by atoms with Crippen molar-refractivity contribution in [3.8, 4) is 44.5 Å². The molecule has 4 aromatic heterocycles. The summed E-state index contributed by atoms with van der Waals surface area (Å²) in [5.74, 6) is -10.4.